The summed E-state index contributed by atoms with van der Waals surface area (Å²) in [6.45, 7) is 1.14. The summed E-state index contributed by atoms with van der Waals surface area (Å²) in [5.41, 5.74) is 0.599. The number of ether oxygens (including phenoxy) is 3. The Labute approximate surface area is 146 Å². The highest BCUT2D eigenvalue weighted by Gasteiger charge is 2.28. The molecule has 0 aliphatic carbocycles. The molecule has 1 aliphatic heterocycles. The van der Waals surface area contributed by atoms with Crippen LogP contribution in [-0.4, -0.2) is 49.3 Å². The molecule has 132 valence electrons. The summed E-state index contributed by atoms with van der Waals surface area (Å²) in [7, 11) is 3.13. The molecule has 1 unspecified atom stereocenters. The highest BCUT2D eigenvalue weighted by atomic mass is 16.5. The molecule has 0 spiro atoms. The number of anilines is 1. The van der Waals surface area contributed by atoms with Crippen molar-refractivity contribution in [2.24, 2.45) is 0 Å². The second-order valence-corrected chi connectivity index (χ2v) is 5.64. The third-order valence-corrected chi connectivity index (χ3v) is 4.01. The molecule has 1 saturated heterocycles. The second kappa shape index (κ2) is 7.74. The fraction of sp³-hybridized carbons (Fsp3) is 0.333. The van der Waals surface area contributed by atoms with Gasteiger partial charge in [0.2, 0.25) is 5.88 Å². The first-order valence-corrected chi connectivity index (χ1v) is 8.05. The monoisotopic (exact) mass is 343 g/mol. The molecule has 0 bridgehead atoms. The van der Waals surface area contributed by atoms with Gasteiger partial charge in [0, 0.05) is 31.3 Å². The Bertz CT molecular complexity index is 724. The Hall–Kier alpha value is -2.96. The van der Waals surface area contributed by atoms with Crippen LogP contribution in [0.1, 0.15) is 6.42 Å². The lowest BCUT2D eigenvalue weighted by molar-refractivity contribution is 0.190. The van der Waals surface area contributed by atoms with Crippen LogP contribution in [0.25, 0.3) is 0 Å². The van der Waals surface area contributed by atoms with Crippen molar-refractivity contribution in [2.75, 3.05) is 32.6 Å². The van der Waals surface area contributed by atoms with Crippen molar-refractivity contribution in [3.63, 3.8) is 0 Å². The minimum Gasteiger partial charge on any atom is -0.497 e. The van der Waals surface area contributed by atoms with Crippen LogP contribution in [0.15, 0.2) is 42.6 Å². The lowest BCUT2D eigenvalue weighted by atomic mass is 10.2. The van der Waals surface area contributed by atoms with Crippen LogP contribution in [0.5, 0.6) is 17.4 Å². The van der Waals surface area contributed by atoms with E-state index < -0.39 is 0 Å². The minimum atomic E-state index is -0.185. The summed E-state index contributed by atoms with van der Waals surface area (Å²) < 4.78 is 16.3. The molecule has 7 nitrogen and oxygen atoms in total. The Kier molecular flexibility index (Phi) is 5.23. The van der Waals surface area contributed by atoms with Gasteiger partial charge in [0.15, 0.2) is 0 Å². The SMILES string of the molecule is COc1ccc(NC(=O)N2CCC(Oc3ccccn3)C2)c(OC)c1. The molecule has 25 heavy (non-hydrogen) atoms. The molecule has 1 aliphatic rings. The molecule has 1 aromatic carbocycles. The summed E-state index contributed by atoms with van der Waals surface area (Å²) in [5.74, 6) is 1.79. The Balaban J connectivity index is 1.59. The molecular formula is C18H21N3O4. The number of hydrogen-bond acceptors (Lipinski definition) is 5. The number of methoxy groups -OCH3 is 2. The molecule has 1 fully saturated rings. The van der Waals surface area contributed by atoms with Gasteiger partial charge < -0.3 is 24.4 Å². The van der Waals surface area contributed by atoms with Crippen molar-refractivity contribution in [3.8, 4) is 17.4 Å². The predicted octanol–water partition coefficient (Wildman–Crippen LogP) is 2.78. The molecule has 1 atom stereocenters. The van der Waals surface area contributed by atoms with Gasteiger partial charge in [0.05, 0.1) is 26.5 Å². The summed E-state index contributed by atoms with van der Waals surface area (Å²) >= 11 is 0. The van der Waals surface area contributed by atoms with Crippen LogP contribution >= 0.6 is 0 Å². The number of aromatic nitrogens is 1. The van der Waals surface area contributed by atoms with Crippen molar-refractivity contribution in [3.05, 3.63) is 42.6 Å². The zero-order valence-electron chi connectivity index (χ0n) is 14.3. The van der Waals surface area contributed by atoms with Gasteiger partial charge in [-0.1, -0.05) is 6.07 Å². The van der Waals surface area contributed by atoms with Gasteiger partial charge in [-0.3, -0.25) is 0 Å². The van der Waals surface area contributed by atoms with Crippen LogP contribution in [0.3, 0.4) is 0 Å². The molecule has 2 amide bonds. The fourth-order valence-corrected chi connectivity index (χ4v) is 2.69. The van der Waals surface area contributed by atoms with E-state index in [1.165, 1.54) is 0 Å². The normalized spacial score (nSPS) is 16.4. The molecule has 3 rings (SSSR count). The van der Waals surface area contributed by atoms with E-state index in [2.05, 4.69) is 10.3 Å². The fourth-order valence-electron chi connectivity index (χ4n) is 2.69. The second-order valence-electron chi connectivity index (χ2n) is 5.64. The number of amides is 2. The number of hydrogen-bond donors (Lipinski definition) is 1. The number of urea groups is 1. The first-order valence-electron chi connectivity index (χ1n) is 8.05. The quantitative estimate of drug-likeness (QED) is 0.904. The van der Waals surface area contributed by atoms with Crippen LogP contribution in [0.2, 0.25) is 0 Å². The number of nitrogens with zero attached hydrogens (tertiary/aromatic N) is 2. The Morgan fingerprint density at radius 3 is 2.84 bits per heavy atom. The number of benzene rings is 1. The van der Waals surface area contributed by atoms with Gasteiger partial charge in [-0.2, -0.15) is 0 Å². The van der Waals surface area contributed by atoms with E-state index in [1.807, 2.05) is 18.2 Å². The standard InChI is InChI=1S/C18H21N3O4/c1-23-13-6-7-15(16(11-13)24-2)20-18(22)21-10-8-14(12-21)25-17-5-3-4-9-19-17/h3-7,9,11,14H,8,10,12H2,1-2H3,(H,20,22). The van der Waals surface area contributed by atoms with Crippen LogP contribution in [0, 0.1) is 0 Å². The minimum absolute atomic E-state index is 0.0570. The highest BCUT2D eigenvalue weighted by Crippen LogP contribution is 2.29. The number of likely N-dealkylation sites (tertiary alicyclic amines) is 1. The average Bonchev–Trinajstić information content (AvgIpc) is 3.11. The van der Waals surface area contributed by atoms with E-state index in [1.54, 1.807) is 43.5 Å². The number of carbonyl (C=O) groups excluding carboxylic acids is 1. The van der Waals surface area contributed by atoms with Gasteiger partial charge >= 0.3 is 6.03 Å². The van der Waals surface area contributed by atoms with Gasteiger partial charge in [0.1, 0.15) is 17.6 Å². The Morgan fingerprint density at radius 1 is 1.24 bits per heavy atom. The maximum Gasteiger partial charge on any atom is 0.322 e. The van der Waals surface area contributed by atoms with Gasteiger partial charge in [-0.15, -0.1) is 0 Å². The number of nitrogens with one attached hydrogen (secondary N) is 1. The molecule has 0 saturated carbocycles. The van der Waals surface area contributed by atoms with Crippen LogP contribution in [0.4, 0.5) is 10.5 Å². The van der Waals surface area contributed by atoms with Gasteiger partial charge in [0.25, 0.3) is 0 Å². The van der Waals surface area contributed by atoms with E-state index in [0.29, 0.717) is 36.2 Å². The van der Waals surface area contributed by atoms with Crippen molar-refractivity contribution in [1.29, 1.82) is 0 Å². The third kappa shape index (κ3) is 4.12. The van der Waals surface area contributed by atoms with E-state index in [-0.39, 0.29) is 12.1 Å². The molecule has 1 aromatic heterocycles. The summed E-state index contributed by atoms with van der Waals surface area (Å²) in [6.07, 6.45) is 2.40. The smallest absolute Gasteiger partial charge is 0.322 e. The van der Waals surface area contributed by atoms with E-state index >= 15 is 0 Å². The van der Waals surface area contributed by atoms with Crippen LogP contribution < -0.4 is 19.5 Å². The van der Waals surface area contributed by atoms with Crippen molar-refractivity contribution in [2.45, 2.75) is 12.5 Å². The summed E-state index contributed by atoms with van der Waals surface area (Å²) in [6, 6.07) is 10.6. The largest absolute Gasteiger partial charge is 0.497 e. The maximum absolute atomic E-state index is 12.5. The molecule has 1 N–H and O–H groups in total. The first kappa shape index (κ1) is 16.9. The summed E-state index contributed by atoms with van der Waals surface area (Å²) in [5, 5.41) is 2.87. The molecule has 2 heterocycles. The summed E-state index contributed by atoms with van der Waals surface area (Å²) in [4.78, 5) is 18.4. The highest BCUT2D eigenvalue weighted by molar-refractivity contribution is 5.91. The van der Waals surface area contributed by atoms with E-state index in [0.717, 1.165) is 6.42 Å². The molecule has 0 radical (unpaired) electrons. The molecular weight excluding hydrogens is 322 g/mol. The molecule has 7 heteroatoms. The van der Waals surface area contributed by atoms with E-state index in [9.17, 15) is 4.79 Å². The van der Waals surface area contributed by atoms with E-state index in [4.69, 9.17) is 14.2 Å². The van der Waals surface area contributed by atoms with Gasteiger partial charge in [-0.25, -0.2) is 9.78 Å². The topological polar surface area (TPSA) is 72.9 Å². The number of rotatable bonds is 5. The maximum atomic E-state index is 12.5. The lowest BCUT2D eigenvalue weighted by Crippen LogP contribution is -2.34. The van der Waals surface area contributed by atoms with Crippen LogP contribution in [-0.2, 0) is 0 Å². The average molecular weight is 343 g/mol. The lowest BCUT2D eigenvalue weighted by Gasteiger charge is -2.19. The zero-order chi connectivity index (χ0) is 17.6. The Morgan fingerprint density at radius 2 is 2.12 bits per heavy atom. The number of carbonyl (C=O) groups is 1. The van der Waals surface area contributed by atoms with Crippen molar-refractivity contribution < 1.29 is 19.0 Å². The zero-order valence-corrected chi connectivity index (χ0v) is 14.3. The molecule has 2 aromatic rings. The van der Waals surface area contributed by atoms with Gasteiger partial charge in [-0.05, 0) is 18.2 Å². The predicted molar refractivity (Wildman–Crippen MR) is 93.4 cm³/mol. The third-order valence-electron chi connectivity index (χ3n) is 4.01. The van der Waals surface area contributed by atoms with Crippen molar-refractivity contribution >= 4 is 11.7 Å². The number of pyridine rings is 1. The van der Waals surface area contributed by atoms with Crippen molar-refractivity contribution in [1.82, 2.24) is 9.88 Å². The first-order chi connectivity index (χ1) is 12.2.